The molecule has 0 fully saturated rings. The fraction of sp³-hybridized carbons (Fsp3) is 1.00. The third kappa shape index (κ3) is 8.41. The van der Waals surface area contributed by atoms with Crippen LogP contribution in [0, 0.1) is 0 Å². The van der Waals surface area contributed by atoms with Gasteiger partial charge in [-0.3, -0.25) is 0 Å². The Kier molecular flexibility index (Phi) is 8.14. The van der Waals surface area contributed by atoms with E-state index in [-0.39, 0.29) is 0 Å². The van der Waals surface area contributed by atoms with E-state index in [0.29, 0.717) is 6.04 Å². The molecule has 74 valence electrons. The van der Waals surface area contributed by atoms with Gasteiger partial charge < -0.3 is 5.73 Å². The molecule has 0 heterocycles. The van der Waals surface area contributed by atoms with E-state index in [1.54, 1.807) is 0 Å². The molecule has 0 aliphatic heterocycles. The monoisotopic (exact) mass is 189 g/mol. The first-order chi connectivity index (χ1) is 5.66. The van der Waals surface area contributed by atoms with Crippen LogP contribution in [0.1, 0.15) is 46.5 Å². The van der Waals surface area contributed by atoms with E-state index in [1.807, 2.05) is 0 Å². The molecule has 0 aromatic heterocycles. The summed E-state index contributed by atoms with van der Waals surface area (Å²) in [6, 6.07) is 0.360. The van der Waals surface area contributed by atoms with Gasteiger partial charge in [0, 0.05) is 11.3 Å². The predicted octanol–water partition coefficient (Wildman–Crippen LogP) is 3.04. The van der Waals surface area contributed by atoms with E-state index >= 15 is 0 Å². The first-order valence-corrected chi connectivity index (χ1v) is 6.08. The van der Waals surface area contributed by atoms with E-state index in [0.717, 1.165) is 11.7 Å². The Balaban J connectivity index is 3.14. The van der Waals surface area contributed by atoms with E-state index in [9.17, 15) is 0 Å². The first kappa shape index (κ1) is 12.3. The van der Waals surface area contributed by atoms with Gasteiger partial charge in [-0.2, -0.15) is 11.8 Å². The lowest BCUT2D eigenvalue weighted by molar-refractivity contribution is 0.662. The molecule has 0 aromatic rings. The number of unbranched alkanes of at least 4 members (excludes halogenated alkanes) is 2. The second-order valence-electron chi connectivity index (χ2n) is 3.60. The Morgan fingerprint density at radius 2 is 1.92 bits per heavy atom. The summed E-state index contributed by atoms with van der Waals surface area (Å²) in [4.78, 5) is 0. The minimum absolute atomic E-state index is 0.360. The van der Waals surface area contributed by atoms with Crippen LogP contribution in [0.2, 0.25) is 0 Å². The molecule has 0 radical (unpaired) electrons. The van der Waals surface area contributed by atoms with E-state index in [2.05, 4.69) is 32.5 Å². The van der Waals surface area contributed by atoms with Gasteiger partial charge in [0.1, 0.15) is 0 Å². The zero-order valence-corrected chi connectivity index (χ0v) is 9.49. The molecule has 0 bridgehead atoms. The van der Waals surface area contributed by atoms with Crippen molar-refractivity contribution in [3.63, 3.8) is 0 Å². The summed E-state index contributed by atoms with van der Waals surface area (Å²) in [7, 11) is 0. The maximum atomic E-state index is 5.71. The van der Waals surface area contributed by atoms with Crippen molar-refractivity contribution in [3.05, 3.63) is 0 Å². The minimum Gasteiger partial charge on any atom is -0.328 e. The first-order valence-electron chi connectivity index (χ1n) is 5.04. The lowest BCUT2D eigenvalue weighted by Gasteiger charge is -2.12. The van der Waals surface area contributed by atoms with Gasteiger partial charge in [-0.15, -0.1) is 0 Å². The van der Waals surface area contributed by atoms with Gasteiger partial charge >= 0.3 is 0 Å². The molecule has 1 nitrogen and oxygen atoms in total. The lowest BCUT2D eigenvalue weighted by atomic mass is 10.2. The summed E-state index contributed by atoms with van der Waals surface area (Å²) >= 11 is 2.06. The average Bonchev–Trinajstić information content (AvgIpc) is 1.97. The van der Waals surface area contributed by atoms with Crippen molar-refractivity contribution in [3.8, 4) is 0 Å². The van der Waals surface area contributed by atoms with Gasteiger partial charge in [0.15, 0.2) is 0 Å². The van der Waals surface area contributed by atoms with Crippen LogP contribution in [-0.2, 0) is 0 Å². The van der Waals surface area contributed by atoms with Crippen LogP contribution in [0.4, 0.5) is 0 Å². The molecular weight excluding hydrogens is 166 g/mol. The van der Waals surface area contributed by atoms with Gasteiger partial charge in [0.05, 0.1) is 0 Å². The highest BCUT2D eigenvalue weighted by atomic mass is 32.2. The highest BCUT2D eigenvalue weighted by Gasteiger charge is 2.04. The molecule has 0 aliphatic carbocycles. The van der Waals surface area contributed by atoms with Crippen molar-refractivity contribution in [1.29, 1.82) is 0 Å². The highest BCUT2D eigenvalue weighted by Crippen LogP contribution is 2.17. The SMILES string of the molecule is CCCCCSC(C)CC(C)N. The van der Waals surface area contributed by atoms with Crippen LogP contribution in [0.3, 0.4) is 0 Å². The maximum Gasteiger partial charge on any atom is 0.00333 e. The highest BCUT2D eigenvalue weighted by molar-refractivity contribution is 7.99. The predicted molar refractivity (Wildman–Crippen MR) is 59.7 cm³/mol. The van der Waals surface area contributed by atoms with Crippen molar-refractivity contribution >= 4 is 11.8 Å². The summed E-state index contributed by atoms with van der Waals surface area (Å²) in [5.41, 5.74) is 5.71. The third-order valence-corrected chi connectivity index (χ3v) is 3.14. The van der Waals surface area contributed by atoms with Crippen LogP contribution in [0.25, 0.3) is 0 Å². The van der Waals surface area contributed by atoms with Gasteiger partial charge in [-0.25, -0.2) is 0 Å². The van der Waals surface area contributed by atoms with Gasteiger partial charge in [-0.1, -0.05) is 26.7 Å². The normalized spacial score (nSPS) is 16.0. The second kappa shape index (κ2) is 7.93. The summed E-state index contributed by atoms with van der Waals surface area (Å²) in [6.07, 6.45) is 5.21. The number of hydrogen-bond acceptors (Lipinski definition) is 2. The van der Waals surface area contributed by atoms with Crippen molar-refractivity contribution in [2.75, 3.05) is 5.75 Å². The van der Waals surface area contributed by atoms with E-state index in [1.165, 1.54) is 25.0 Å². The third-order valence-electron chi connectivity index (χ3n) is 1.85. The zero-order chi connectivity index (χ0) is 9.40. The van der Waals surface area contributed by atoms with Crippen LogP contribution < -0.4 is 5.73 Å². The van der Waals surface area contributed by atoms with Crippen LogP contribution in [0.15, 0.2) is 0 Å². The minimum atomic E-state index is 0.360. The van der Waals surface area contributed by atoms with E-state index < -0.39 is 0 Å². The molecule has 0 rings (SSSR count). The average molecular weight is 189 g/mol. The van der Waals surface area contributed by atoms with Gasteiger partial charge in [-0.05, 0) is 25.5 Å². The number of nitrogens with two attached hydrogens (primary N) is 1. The zero-order valence-electron chi connectivity index (χ0n) is 8.68. The van der Waals surface area contributed by atoms with Crippen molar-refractivity contribution in [2.45, 2.75) is 57.7 Å². The van der Waals surface area contributed by atoms with Crippen LogP contribution in [-0.4, -0.2) is 17.0 Å². The standard InChI is InChI=1S/C10H23NS/c1-4-5-6-7-12-10(3)8-9(2)11/h9-10H,4-8,11H2,1-3H3. The molecule has 0 saturated carbocycles. The molecule has 0 aliphatic rings. The van der Waals surface area contributed by atoms with Gasteiger partial charge in [0.2, 0.25) is 0 Å². The molecule has 0 saturated heterocycles. The fourth-order valence-electron chi connectivity index (χ4n) is 1.23. The number of hydrogen-bond donors (Lipinski definition) is 1. The molecule has 2 N–H and O–H groups in total. The summed E-state index contributed by atoms with van der Waals surface area (Å²) in [5, 5.41) is 0.738. The van der Waals surface area contributed by atoms with Crippen molar-refractivity contribution in [2.24, 2.45) is 5.73 Å². The lowest BCUT2D eigenvalue weighted by Crippen LogP contribution is -2.19. The Hall–Kier alpha value is 0.310. The molecular formula is C10H23NS. The molecule has 2 heteroatoms. The van der Waals surface area contributed by atoms with Crippen LogP contribution >= 0.6 is 11.8 Å². The fourth-order valence-corrected chi connectivity index (χ4v) is 2.44. The van der Waals surface area contributed by atoms with Gasteiger partial charge in [0.25, 0.3) is 0 Å². The Bertz CT molecular complexity index is 93.8. The number of thioether (sulfide) groups is 1. The molecule has 2 unspecified atom stereocenters. The summed E-state index contributed by atoms with van der Waals surface area (Å²) in [6.45, 7) is 6.61. The molecule has 0 amide bonds. The molecule has 0 aromatic carbocycles. The summed E-state index contributed by atoms with van der Waals surface area (Å²) < 4.78 is 0. The van der Waals surface area contributed by atoms with Crippen molar-refractivity contribution < 1.29 is 0 Å². The topological polar surface area (TPSA) is 26.0 Å². The van der Waals surface area contributed by atoms with E-state index in [4.69, 9.17) is 5.73 Å². The molecule has 2 atom stereocenters. The Morgan fingerprint density at radius 1 is 1.25 bits per heavy atom. The molecule has 12 heavy (non-hydrogen) atoms. The van der Waals surface area contributed by atoms with Crippen molar-refractivity contribution in [1.82, 2.24) is 0 Å². The smallest absolute Gasteiger partial charge is 0.00333 e. The molecule has 0 spiro atoms. The maximum absolute atomic E-state index is 5.71. The second-order valence-corrected chi connectivity index (χ2v) is 5.15. The number of rotatable bonds is 7. The largest absolute Gasteiger partial charge is 0.328 e. The Morgan fingerprint density at radius 3 is 2.42 bits per heavy atom. The Labute approximate surface area is 81.5 Å². The summed E-state index contributed by atoms with van der Waals surface area (Å²) in [5.74, 6) is 1.31. The van der Waals surface area contributed by atoms with Crippen LogP contribution in [0.5, 0.6) is 0 Å². The quantitative estimate of drug-likeness (QED) is 0.623.